The summed E-state index contributed by atoms with van der Waals surface area (Å²) in [6.07, 6.45) is 1.54. The zero-order valence-corrected chi connectivity index (χ0v) is 12.8. The quantitative estimate of drug-likeness (QED) is 0.754. The Kier molecular flexibility index (Phi) is 4.72. The number of aromatic nitrogens is 1. The molecule has 0 aliphatic rings. The molecule has 0 aliphatic heterocycles. The van der Waals surface area contributed by atoms with Gasteiger partial charge in [0, 0.05) is 18.8 Å². The molecule has 2 N–H and O–H groups in total. The molecule has 1 aromatic heterocycles. The predicted molar refractivity (Wildman–Crippen MR) is 90.0 cm³/mol. The molecule has 0 fully saturated rings. The van der Waals surface area contributed by atoms with E-state index < -0.39 is 0 Å². The van der Waals surface area contributed by atoms with Crippen LogP contribution in [0.1, 0.15) is 16.1 Å². The van der Waals surface area contributed by atoms with Gasteiger partial charge in [-0.25, -0.2) is 0 Å². The molecule has 5 heteroatoms. The van der Waals surface area contributed by atoms with Gasteiger partial charge in [0.05, 0.1) is 0 Å². The Labute approximate surface area is 139 Å². The van der Waals surface area contributed by atoms with Crippen LogP contribution in [0.4, 0.5) is 0 Å². The number of para-hydroxylation sites is 1. The van der Waals surface area contributed by atoms with Crippen LogP contribution in [0.15, 0.2) is 72.9 Å². The van der Waals surface area contributed by atoms with Crippen LogP contribution < -0.4 is 10.1 Å². The molecule has 0 aliphatic carbocycles. The van der Waals surface area contributed by atoms with Crippen molar-refractivity contribution in [3.05, 3.63) is 84.2 Å². The van der Waals surface area contributed by atoms with Gasteiger partial charge in [-0.15, -0.1) is 0 Å². The second-order valence-corrected chi connectivity index (χ2v) is 5.14. The van der Waals surface area contributed by atoms with Crippen LogP contribution in [-0.2, 0) is 6.54 Å². The lowest BCUT2D eigenvalue weighted by atomic mass is 10.2. The van der Waals surface area contributed by atoms with Crippen molar-refractivity contribution in [3.8, 4) is 17.2 Å². The Hall–Kier alpha value is -3.34. The molecule has 5 nitrogen and oxygen atoms in total. The third-order valence-corrected chi connectivity index (χ3v) is 3.33. The van der Waals surface area contributed by atoms with Crippen molar-refractivity contribution in [2.45, 2.75) is 6.54 Å². The Morgan fingerprint density at radius 2 is 1.75 bits per heavy atom. The lowest BCUT2D eigenvalue weighted by Gasteiger charge is -2.08. The van der Waals surface area contributed by atoms with Crippen LogP contribution in [0, 0.1) is 0 Å². The van der Waals surface area contributed by atoms with Crippen LogP contribution in [0.3, 0.4) is 0 Å². The van der Waals surface area contributed by atoms with E-state index in [1.54, 1.807) is 36.4 Å². The third kappa shape index (κ3) is 4.10. The summed E-state index contributed by atoms with van der Waals surface area (Å²) in [5.41, 5.74) is 1.17. The van der Waals surface area contributed by atoms with Gasteiger partial charge in [-0.1, -0.05) is 30.3 Å². The van der Waals surface area contributed by atoms with Gasteiger partial charge in [-0.05, 0) is 35.9 Å². The number of nitrogens with zero attached hydrogens (tertiary/aromatic N) is 1. The molecule has 0 atom stereocenters. The fourth-order valence-electron chi connectivity index (χ4n) is 2.11. The first kappa shape index (κ1) is 15.6. The van der Waals surface area contributed by atoms with E-state index in [0.29, 0.717) is 18.0 Å². The first-order valence-corrected chi connectivity index (χ1v) is 7.46. The van der Waals surface area contributed by atoms with Gasteiger partial charge in [0.2, 0.25) is 0 Å². The van der Waals surface area contributed by atoms with Gasteiger partial charge < -0.3 is 15.2 Å². The van der Waals surface area contributed by atoms with E-state index >= 15 is 0 Å². The number of pyridine rings is 1. The first-order chi connectivity index (χ1) is 11.7. The molecule has 1 amide bonds. The van der Waals surface area contributed by atoms with Crippen LogP contribution in [0.5, 0.6) is 17.2 Å². The van der Waals surface area contributed by atoms with Crippen molar-refractivity contribution in [2.75, 3.05) is 0 Å². The molecule has 0 saturated heterocycles. The number of carbonyl (C=O) groups excluding carboxylic acids is 1. The number of phenols is 1. The largest absolute Gasteiger partial charge is 0.508 e. The minimum Gasteiger partial charge on any atom is -0.508 e. The zero-order chi connectivity index (χ0) is 16.8. The molecule has 2 aromatic carbocycles. The Morgan fingerprint density at radius 1 is 1.00 bits per heavy atom. The van der Waals surface area contributed by atoms with Crippen LogP contribution in [0.25, 0.3) is 0 Å². The summed E-state index contributed by atoms with van der Waals surface area (Å²) in [5.74, 6) is 1.14. The van der Waals surface area contributed by atoms with Crippen molar-refractivity contribution < 1.29 is 14.6 Å². The number of ether oxygens (including phenoxy) is 1. The maximum atomic E-state index is 12.2. The molecule has 0 bridgehead atoms. The van der Waals surface area contributed by atoms with Gasteiger partial charge in [0.1, 0.15) is 22.9 Å². The Balaban J connectivity index is 1.64. The lowest BCUT2D eigenvalue weighted by molar-refractivity contribution is 0.0945. The first-order valence-electron chi connectivity index (χ1n) is 7.46. The molecule has 24 heavy (non-hydrogen) atoms. The van der Waals surface area contributed by atoms with Crippen LogP contribution >= 0.6 is 0 Å². The monoisotopic (exact) mass is 320 g/mol. The normalized spacial score (nSPS) is 10.2. The number of benzene rings is 2. The number of rotatable bonds is 5. The molecular weight excluding hydrogens is 304 g/mol. The number of amides is 1. The molecule has 120 valence electrons. The summed E-state index contributed by atoms with van der Waals surface area (Å²) in [7, 11) is 0. The van der Waals surface area contributed by atoms with Crippen molar-refractivity contribution in [3.63, 3.8) is 0 Å². The van der Waals surface area contributed by atoms with Gasteiger partial charge in [0.25, 0.3) is 5.91 Å². The smallest absolute Gasteiger partial charge is 0.270 e. The number of carbonyl (C=O) groups is 1. The summed E-state index contributed by atoms with van der Waals surface area (Å²) < 4.78 is 5.70. The molecular formula is C19H16N2O3. The summed E-state index contributed by atoms with van der Waals surface area (Å²) in [6.45, 7) is 0.352. The summed E-state index contributed by atoms with van der Waals surface area (Å²) in [5, 5.41) is 12.0. The molecule has 0 unspecified atom stereocenters. The van der Waals surface area contributed by atoms with E-state index in [2.05, 4.69) is 10.3 Å². The zero-order valence-electron chi connectivity index (χ0n) is 12.8. The van der Waals surface area contributed by atoms with Gasteiger partial charge in [0.15, 0.2) is 0 Å². The summed E-state index contributed by atoms with van der Waals surface area (Å²) in [4.78, 5) is 16.3. The van der Waals surface area contributed by atoms with Crippen LogP contribution in [-0.4, -0.2) is 16.0 Å². The van der Waals surface area contributed by atoms with E-state index in [-0.39, 0.29) is 17.4 Å². The SMILES string of the molecule is O=C(NCc1ccc(O)cc1)c1cc(Oc2ccccc2)ccn1. The average molecular weight is 320 g/mol. The molecule has 0 radical (unpaired) electrons. The lowest BCUT2D eigenvalue weighted by Crippen LogP contribution is -2.23. The highest BCUT2D eigenvalue weighted by molar-refractivity contribution is 5.92. The highest BCUT2D eigenvalue weighted by atomic mass is 16.5. The van der Waals surface area contributed by atoms with E-state index in [1.165, 1.54) is 6.20 Å². The third-order valence-electron chi connectivity index (χ3n) is 3.33. The van der Waals surface area contributed by atoms with Gasteiger partial charge in [-0.2, -0.15) is 0 Å². The van der Waals surface area contributed by atoms with Crippen molar-refractivity contribution in [1.82, 2.24) is 10.3 Å². The van der Waals surface area contributed by atoms with Crippen molar-refractivity contribution in [2.24, 2.45) is 0 Å². The Bertz CT molecular complexity index is 818. The second kappa shape index (κ2) is 7.28. The second-order valence-electron chi connectivity index (χ2n) is 5.14. The number of aromatic hydroxyl groups is 1. The number of nitrogens with one attached hydrogen (secondary N) is 1. The number of phenolic OH excluding ortho intramolecular Hbond substituents is 1. The van der Waals surface area contributed by atoms with Crippen molar-refractivity contribution >= 4 is 5.91 Å². The van der Waals surface area contributed by atoms with Gasteiger partial charge >= 0.3 is 0 Å². The van der Waals surface area contributed by atoms with E-state index in [0.717, 1.165) is 5.56 Å². The fourth-order valence-corrected chi connectivity index (χ4v) is 2.11. The van der Waals surface area contributed by atoms with E-state index in [4.69, 9.17) is 4.74 Å². The van der Waals surface area contributed by atoms with E-state index in [9.17, 15) is 9.90 Å². The van der Waals surface area contributed by atoms with E-state index in [1.807, 2.05) is 30.3 Å². The molecule has 0 saturated carbocycles. The maximum absolute atomic E-state index is 12.2. The summed E-state index contributed by atoms with van der Waals surface area (Å²) in [6, 6.07) is 19.3. The summed E-state index contributed by atoms with van der Waals surface area (Å²) >= 11 is 0. The molecule has 1 heterocycles. The number of hydrogen-bond acceptors (Lipinski definition) is 4. The predicted octanol–water partition coefficient (Wildman–Crippen LogP) is 3.51. The van der Waals surface area contributed by atoms with Crippen LogP contribution in [0.2, 0.25) is 0 Å². The minimum absolute atomic E-state index is 0.192. The highest BCUT2D eigenvalue weighted by Gasteiger charge is 2.09. The fraction of sp³-hybridized carbons (Fsp3) is 0.0526. The Morgan fingerprint density at radius 3 is 2.50 bits per heavy atom. The average Bonchev–Trinajstić information content (AvgIpc) is 2.62. The molecule has 3 rings (SSSR count). The van der Waals surface area contributed by atoms with Crippen molar-refractivity contribution in [1.29, 1.82) is 0 Å². The number of hydrogen-bond donors (Lipinski definition) is 2. The standard InChI is InChI=1S/C19H16N2O3/c22-15-8-6-14(7-9-15)13-21-19(23)18-12-17(10-11-20-18)24-16-4-2-1-3-5-16/h1-12,22H,13H2,(H,21,23). The maximum Gasteiger partial charge on any atom is 0.270 e. The molecule has 0 spiro atoms. The highest BCUT2D eigenvalue weighted by Crippen LogP contribution is 2.20. The van der Waals surface area contributed by atoms with Gasteiger partial charge in [-0.3, -0.25) is 9.78 Å². The minimum atomic E-state index is -0.290. The molecule has 3 aromatic rings. The topological polar surface area (TPSA) is 71.5 Å².